The highest BCUT2D eigenvalue weighted by Crippen LogP contribution is 2.64. The fourth-order valence-corrected chi connectivity index (χ4v) is 5.09. The summed E-state index contributed by atoms with van der Waals surface area (Å²) in [5, 5.41) is 3.56. The lowest BCUT2D eigenvalue weighted by atomic mass is 9.43. The summed E-state index contributed by atoms with van der Waals surface area (Å²) in [7, 11) is 0. The van der Waals surface area contributed by atoms with Gasteiger partial charge in [0.15, 0.2) is 6.61 Å². The Balaban J connectivity index is 1.22. The molecule has 1 aliphatic heterocycles. The molecule has 29 heavy (non-hydrogen) atoms. The fourth-order valence-electron chi connectivity index (χ4n) is 4.97. The molecule has 1 aromatic carbocycles. The Morgan fingerprint density at radius 3 is 2.52 bits per heavy atom. The molecule has 0 unspecified atom stereocenters. The zero-order valence-corrected chi connectivity index (χ0v) is 16.5. The van der Waals surface area contributed by atoms with Crippen LogP contribution in [0.15, 0.2) is 24.3 Å². The Morgan fingerprint density at radius 1 is 1.24 bits per heavy atom. The number of halogens is 4. The van der Waals surface area contributed by atoms with Gasteiger partial charge < -0.3 is 15.0 Å². The SMILES string of the molecule is O=C(COc1ccc(Cl)cc1)NC12CC(N3C[C@H](CCC(F)(F)F)CC3=O)(C1)C2. The number of carbonyl (C=O) groups is 2. The molecule has 5 rings (SSSR count). The summed E-state index contributed by atoms with van der Waals surface area (Å²) in [5.41, 5.74) is -0.598. The highest BCUT2D eigenvalue weighted by Gasteiger charge is 2.72. The number of carbonyl (C=O) groups excluding carboxylic acids is 2. The van der Waals surface area contributed by atoms with Crippen molar-refractivity contribution in [3.8, 4) is 5.75 Å². The fraction of sp³-hybridized carbons (Fsp3) is 0.600. The summed E-state index contributed by atoms with van der Waals surface area (Å²) in [6, 6.07) is 6.71. The number of nitrogens with one attached hydrogen (secondary N) is 1. The van der Waals surface area contributed by atoms with E-state index < -0.39 is 12.6 Å². The van der Waals surface area contributed by atoms with E-state index in [9.17, 15) is 22.8 Å². The third-order valence-corrected chi connectivity index (χ3v) is 6.46. The maximum absolute atomic E-state index is 12.4. The number of likely N-dealkylation sites (tertiary alicyclic amines) is 1. The smallest absolute Gasteiger partial charge is 0.389 e. The second kappa shape index (κ2) is 7.07. The number of alkyl halides is 3. The monoisotopic (exact) mass is 430 g/mol. The van der Waals surface area contributed by atoms with E-state index in [2.05, 4.69) is 5.32 Å². The molecule has 3 saturated carbocycles. The molecule has 5 nitrogen and oxygen atoms in total. The molecule has 3 aliphatic carbocycles. The van der Waals surface area contributed by atoms with Crippen molar-refractivity contribution in [3.05, 3.63) is 29.3 Å². The topological polar surface area (TPSA) is 58.6 Å². The first kappa shape index (κ1) is 20.3. The molecule has 9 heteroatoms. The molecule has 2 amide bonds. The van der Waals surface area contributed by atoms with Crippen LogP contribution >= 0.6 is 11.6 Å². The van der Waals surface area contributed by atoms with Crippen molar-refractivity contribution >= 4 is 23.4 Å². The predicted octanol–water partition coefficient (Wildman–Crippen LogP) is 3.70. The van der Waals surface area contributed by atoms with Crippen LogP contribution in [0.3, 0.4) is 0 Å². The Morgan fingerprint density at radius 2 is 1.90 bits per heavy atom. The third-order valence-electron chi connectivity index (χ3n) is 6.20. The van der Waals surface area contributed by atoms with Crippen molar-refractivity contribution in [1.29, 1.82) is 0 Å². The minimum Gasteiger partial charge on any atom is -0.484 e. The number of hydrogen-bond donors (Lipinski definition) is 1. The number of hydrogen-bond acceptors (Lipinski definition) is 3. The van der Waals surface area contributed by atoms with E-state index in [4.69, 9.17) is 16.3 Å². The maximum atomic E-state index is 12.4. The lowest BCUT2D eigenvalue weighted by Gasteiger charge is -2.73. The van der Waals surface area contributed by atoms with Crippen LogP contribution in [0.1, 0.15) is 38.5 Å². The van der Waals surface area contributed by atoms with Gasteiger partial charge in [-0.2, -0.15) is 13.2 Å². The van der Waals surface area contributed by atoms with E-state index in [0.717, 1.165) is 0 Å². The molecular weight excluding hydrogens is 409 g/mol. The number of nitrogens with zero attached hydrogens (tertiary/aromatic N) is 1. The Labute approximate surface area is 171 Å². The molecule has 0 spiro atoms. The van der Waals surface area contributed by atoms with Crippen LogP contribution in [0.25, 0.3) is 0 Å². The van der Waals surface area contributed by atoms with Crippen LogP contribution in [0.2, 0.25) is 5.02 Å². The predicted molar refractivity (Wildman–Crippen MR) is 99.5 cm³/mol. The summed E-state index contributed by atoms with van der Waals surface area (Å²) in [4.78, 5) is 26.3. The largest absolute Gasteiger partial charge is 0.484 e. The molecule has 4 fully saturated rings. The summed E-state index contributed by atoms with van der Waals surface area (Å²) in [6.45, 7) is 0.275. The van der Waals surface area contributed by atoms with E-state index in [1.54, 1.807) is 29.2 Å². The molecule has 1 heterocycles. The average Bonchev–Trinajstić information content (AvgIpc) is 2.95. The lowest BCUT2D eigenvalue weighted by Crippen LogP contribution is -2.84. The molecule has 0 aromatic heterocycles. The molecule has 1 N–H and O–H groups in total. The van der Waals surface area contributed by atoms with Gasteiger partial charge in [-0.1, -0.05) is 11.6 Å². The first-order valence-electron chi connectivity index (χ1n) is 9.65. The highest BCUT2D eigenvalue weighted by atomic mass is 35.5. The summed E-state index contributed by atoms with van der Waals surface area (Å²) in [6.07, 6.45) is -2.88. The summed E-state index contributed by atoms with van der Waals surface area (Å²) in [5.74, 6) is 0.00886. The van der Waals surface area contributed by atoms with E-state index in [-0.39, 0.29) is 48.3 Å². The Hall–Kier alpha value is -1.96. The first-order chi connectivity index (χ1) is 13.6. The summed E-state index contributed by atoms with van der Waals surface area (Å²) < 4.78 is 42.7. The third kappa shape index (κ3) is 4.17. The minimum absolute atomic E-state index is 0.00820. The molecular formula is C20H22ClF3N2O3. The van der Waals surface area contributed by atoms with Crippen molar-refractivity contribution in [3.63, 3.8) is 0 Å². The van der Waals surface area contributed by atoms with Crippen LogP contribution in [0.5, 0.6) is 5.75 Å². The zero-order chi connectivity index (χ0) is 20.9. The zero-order valence-electron chi connectivity index (χ0n) is 15.7. The highest BCUT2D eigenvalue weighted by molar-refractivity contribution is 6.30. The Kier molecular flexibility index (Phi) is 4.96. The van der Waals surface area contributed by atoms with Crippen molar-refractivity contribution < 1.29 is 27.5 Å². The first-order valence-corrected chi connectivity index (χ1v) is 10.0. The molecule has 1 saturated heterocycles. The number of benzene rings is 1. The normalized spacial score (nSPS) is 30.6. The second-order valence-electron chi connectivity index (χ2n) is 8.55. The number of ether oxygens (including phenoxy) is 1. The van der Waals surface area contributed by atoms with Crippen molar-refractivity contribution in [1.82, 2.24) is 10.2 Å². The molecule has 1 atom stereocenters. The van der Waals surface area contributed by atoms with Gasteiger partial charge in [0.2, 0.25) is 5.91 Å². The van der Waals surface area contributed by atoms with Gasteiger partial charge in [0.05, 0.1) is 0 Å². The van der Waals surface area contributed by atoms with Crippen LogP contribution in [0.4, 0.5) is 13.2 Å². The van der Waals surface area contributed by atoms with E-state index in [0.29, 0.717) is 36.6 Å². The van der Waals surface area contributed by atoms with E-state index in [1.165, 1.54) is 0 Å². The summed E-state index contributed by atoms with van der Waals surface area (Å²) >= 11 is 5.80. The maximum Gasteiger partial charge on any atom is 0.389 e. The van der Waals surface area contributed by atoms with Crippen molar-refractivity contribution in [2.75, 3.05) is 13.2 Å². The average molecular weight is 431 g/mol. The van der Waals surface area contributed by atoms with E-state index >= 15 is 0 Å². The number of rotatable bonds is 7. The quantitative estimate of drug-likeness (QED) is 0.717. The van der Waals surface area contributed by atoms with Gasteiger partial charge >= 0.3 is 6.18 Å². The van der Waals surface area contributed by atoms with Gasteiger partial charge in [0.1, 0.15) is 5.75 Å². The van der Waals surface area contributed by atoms with Crippen molar-refractivity contribution in [2.45, 2.75) is 55.8 Å². The van der Waals surface area contributed by atoms with Gasteiger partial charge in [-0.3, -0.25) is 9.59 Å². The molecule has 4 aliphatic rings. The number of amides is 2. The van der Waals surface area contributed by atoms with Crippen LogP contribution in [0, 0.1) is 5.92 Å². The molecule has 2 bridgehead atoms. The van der Waals surface area contributed by atoms with Crippen LogP contribution in [-0.2, 0) is 9.59 Å². The van der Waals surface area contributed by atoms with Gasteiger partial charge in [0, 0.05) is 35.5 Å². The molecule has 1 aromatic rings. The second-order valence-corrected chi connectivity index (χ2v) is 8.99. The van der Waals surface area contributed by atoms with Gasteiger partial charge in [-0.15, -0.1) is 0 Å². The van der Waals surface area contributed by atoms with Gasteiger partial charge in [0.25, 0.3) is 5.91 Å². The standard InChI is InChI=1S/C20H22ClF3N2O3/c21-14-1-3-15(4-2-14)29-9-16(27)25-18-10-19(11-18,12-18)26-8-13(7-17(26)28)5-6-20(22,23)24/h1-4,13H,5-12H2,(H,25,27)/t13-,18?,19?/m1/s1. The lowest BCUT2D eigenvalue weighted by molar-refractivity contribution is -0.187. The van der Waals surface area contributed by atoms with Crippen LogP contribution < -0.4 is 10.1 Å². The molecule has 0 radical (unpaired) electrons. The van der Waals surface area contributed by atoms with Crippen molar-refractivity contribution in [2.24, 2.45) is 5.92 Å². The molecule has 158 valence electrons. The van der Waals surface area contributed by atoms with Crippen LogP contribution in [-0.4, -0.2) is 47.1 Å². The van der Waals surface area contributed by atoms with Gasteiger partial charge in [-0.25, -0.2) is 0 Å². The van der Waals surface area contributed by atoms with Gasteiger partial charge in [-0.05, 0) is 55.9 Å². The minimum atomic E-state index is -4.19. The van der Waals surface area contributed by atoms with E-state index in [1.807, 2.05) is 0 Å². The Bertz CT molecular complexity index is 792.